The molecule has 1 aromatic carbocycles. The van der Waals surface area contributed by atoms with Gasteiger partial charge in [0.25, 0.3) is 5.56 Å². The van der Waals surface area contributed by atoms with E-state index in [-0.39, 0.29) is 11.1 Å². The highest BCUT2D eigenvalue weighted by atomic mass is 16.1. The Hall–Kier alpha value is -2.41. The standard InChI is InChI=1S/C18H19N3O/c1-2-9-21-18(22)16(12-19)11-17(20-21)15-8-7-13-5-3-4-6-14(13)10-15/h7-8,10-11H,2-6,9H2,1H3. The van der Waals surface area contributed by atoms with E-state index in [1.54, 1.807) is 6.07 Å². The van der Waals surface area contributed by atoms with Crippen molar-refractivity contribution in [2.75, 3.05) is 0 Å². The molecule has 0 saturated heterocycles. The Morgan fingerprint density at radius 3 is 2.73 bits per heavy atom. The fourth-order valence-corrected chi connectivity index (χ4v) is 3.02. The smallest absolute Gasteiger partial charge is 0.266 e. The van der Waals surface area contributed by atoms with Crippen LogP contribution in [0.15, 0.2) is 29.1 Å². The van der Waals surface area contributed by atoms with Crippen molar-refractivity contribution in [1.29, 1.82) is 5.26 Å². The van der Waals surface area contributed by atoms with Gasteiger partial charge in [0.1, 0.15) is 11.6 Å². The first-order valence-corrected chi connectivity index (χ1v) is 7.87. The Morgan fingerprint density at radius 1 is 1.23 bits per heavy atom. The summed E-state index contributed by atoms with van der Waals surface area (Å²) in [5.74, 6) is 0. The second-order valence-electron chi connectivity index (χ2n) is 5.77. The summed E-state index contributed by atoms with van der Waals surface area (Å²) in [6.07, 6.45) is 5.53. The van der Waals surface area contributed by atoms with Gasteiger partial charge in [-0.05, 0) is 55.4 Å². The number of rotatable bonds is 3. The van der Waals surface area contributed by atoms with Crippen molar-refractivity contribution in [2.45, 2.75) is 45.6 Å². The molecule has 112 valence electrons. The fraction of sp³-hybridized carbons (Fsp3) is 0.389. The van der Waals surface area contributed by atoms with E-state index in [1.807, 2.05) is 13.0 Å². The van der Waals surface area contributed by atoms with Gasteiger partial charge < -0.3 is 0 Å². The van der Waals surface area contributed by atoms with Crippen molar-refractivity contribution in [2.24, 2.45) is 0 Å². The SMILES string of the molecule is CCCn1nc(-c2ccc3c(c2)CCCC3)cc(C#N)c1=O. The number of nitrogens with zero attached hydrogens (tertiary/aromatic N) is 3. The molecule has 1 aromatic heterocycles. The number of aryl methyl sites for hydroxylation is 3. The quantitative estimate of drug-likeness (QED) is 0.873. The van der Waals surface area contributed by atoms with Crippen LogP contribution in [0.25, 0.3) is 11.3 Å². The van der Waals surface area contributed by atoms with Gasteiger partial charge in [-0.1, -0.05) is 19.1 Å². The fourth-order valence-electron chi connectivity index (χ4n) is 3.02. The highest BCUT2D eigenvalue weighted by molar-refractivity contribution is 5.62. The number of benzene rings is 1. The zero-order valence-electron chi connectivity index (χ0n) is 12.8. The topological polar surface area (TPSA) is 58.7 Å². The molecular weight excluding hydrogens is 274 g/mol. The van der Waals surface area contributed by atoms with Crippen molar-refractivity contribution in [3.63, 3.8) is 0 Å². The maximum absolute atomic E-state index is 12.1. The summed E-state index contributed by atoms with van der Waals surface area (Å²) in [6.45, 7) is 2.53. The normalized spacial score (nSPS) is 13.5. The molecule has 0 radical (unpaired) electrons. The highest BCUT2D eigenvalue weighted by Gasteiger charge is 2.13. The lowest BCUT2D eigenvalue weighted by Crippen LogP contribution is -2.25. The van der Waals surface area contributed by atoms with Gasteiger partial charge in [0.15, 0.2) is 0 Å². The van der Waals surface area contributed by atoms with Gasteiger partial charge in [-0.3, -0.25) is 4.79 Å². The Bertz CT molecular complexity index is 799. The van der Waals surface area contributed by atoms with Crippen LogP contribution in [0.2, 0.25) is 0 Å². The Morgan fingerprint density at radius 2 is 2.00 bits per heavy atom. The molecule has 4 heteroatoms. The van der Waals surface area contributed by atoms with Gasteiger partial charge >= 0.3 is 0 Å². The molecule has 1 aliphatic rings. The number of aromatic nitrogens is 2. The van der Waals surface area contributed by atoms with Crippen LogP contribution in [0.5, 0.6) is 0 Å². The second-order valence-corrected chi connectivity index (χ2v) is 5.77. The minimum Gasteiger partial charge on any atom is -0.266 e. The molecule has 22 heavy (non-hydrogen) atoms. The van der Waals surface area contributed by atoms with Crippen LogP contribution in [-0.2, 0) is 19.4 Å². The molecule has 4 nitrogen and oxygen atoms in total. The van der Waals surface area contributed by atoms with Crippen LogP contribution in [0.4, 0.5) is 0 Å². The maximum atomic E-state index is 12.1. The van der Waals surface area contributed by atoms with Gasteiger partial charge in [0.05, 0.1) is 5.69 Å². The van der Waals surface area contributed by atoms with E-state index >= 15 is 0 Å². The number of hydrogen-bond acceptors (Lipinski definition) is 3. The van der Waals surface area contributed by atoms with Crippen LogP contribution >= 0.6 is 0 Å². The van der Waals surface area contributed by atoms with Gasteiger partial charge in [0.2, 0.25) is 0 Å². The Balaban J connectivity index is 2.10. The first-order valence-electron chi connectivity index (χ1n) is 7.87. The average molecular weight is 293 g/mol. The molecule has 0 N–H and O–H groups in total. The summed E-state index contributed by atoms with van der Waals surface area (Å²) in [5, 5.41) is 13.6. The minimum atomic E-state index is -0.300. The summed E-state index contributed by atoms with van der Waals surface area (Å²) in [6, 6.07) is 9.98. The Kier molecular flexibility index (Phi) is 4.06. The third kappa shape index (κ3) is 2.67. The van der Waals surface area contributed by atoms with E-state index in [0.717, 1.165) is 24.8 Å². The largest absolute Gasteiger partial charge is 0.284 e. The second kappa shape index (κ2) is 6.15. The monoisotopic (exact) mass is 293 g/mol. The van der Waals surface area contributed by atoms with Crippen LogP contribution in [0, 0.1) is 11.3 Å². The van der Waals surface area contributed by atoms with Crippen LogP contribution in [0.3, 0.4) is 0 Å². The average Bonchev–Trinajstić information content (AvgIpc) is 2.56. The summed E-state index contributed by atoms with van der Waals surface area (Å²) in [7, 11) is 0. The van der Waals surface area contributed by atoms with E-state index in [1.165, 1.54) is 28.7 Å². The van der Waals surface area contributed by atoms with E-state index in [2.05, 4.69) is 23.3 Å². The van der Waals surface area contributed by atoms with Crippen LogP contribution in [0.1, 0.15) is 42.9 Å². The maximum Gasteiger partial charge on any atom is 0.284 e. The van der Waals surface area contributed by atoms with Crippen molar-refractivity contribution in [3.8, 4) is 17.3 Å². The molecule has 0 bridgehead atoms. The lowest BCUT2D eigenvalue weighted by molar-refractivity contribution is 0.569. The van der Waals surface area contributed by atoms with E-state index in [4.69, 9.17) is 0 Å². The van der Waals surface area contributed by atoms with Crippen molar-refractivity contribution in [3.05, 3.63) is 51.3 Å². The molecule has 0 saturated carbocycles. The Labute approximate surface area is 130 Å². The molecule has 0 fully saturated rings. The summed E-state index contributed by atoms with van der Waals surface area (Å²) >= 11 is 0. The molecule has 1 heterocycles. The summed E-state index contributed by atoms with van der Waals surface area (Å²) in [5.41, 5.74) is 4.34. The third-order valence-corrected chi connectivity index (χ3v) is 4.17. The van der Waals surface area contributed by atoms with Gasteiger partial charge in [-0.25, -0.2) is 4.68 Å². The predicted octanol–water partition coefficient (Wildman–Crippen LogP) is 3.07. The lowest BCUT2D eigenvalue weighted by atomic mass is 9.90. The molecule has 0 atom stereocenters. The van der Waals surface area contributed by atoms with Crippen LogP contribution in [-0.4, -0.2) is 9.78 Å². The van der Waals surface area contributed by atoms with Crippen molar-refractivity contribution < 1.29 is 0 Å². The van der Waals surface area contributed by atoms with Gasteiger partial charge in [-0.2, -0.15) is 10.4 Å². The predicted molar refractivity (Wildman–Crippen MR) is 85.6 cm³/mol. The zero-order chi connectivity index (χ0) is 15.5. The molecule has 1 aliphatic carbocycles. The molecule has 0 spiro atoms. The lowest BCUT2D eigenvalue weighted by Gasteiger charge is -2.16. The van der Waals surface area contributed by atoms with Gasteiger partial charge in [0, 0.05) is 12.1 Å². The van der Waals surface area contributed by atoms with Gasteiger partial charge in [-0.15, -0.1) is 0 Å². The molecule has 0 aliphatic heterocycles. The third-order valence-electron chi connectivity index (χ3n) is 4.17. The molecule has 0 unspecified atom stereocenters. The van der Waals surface area contributed by atoms with Crippen LogP contribution < -0.4 is 5.56 Å². The molecule has 3 rings (SSSR count). The van der Waals surface area contributed by atoms with E-state index in [9.17, 15) is 10.1 Å². The van der Waals surface area contributed by atoms with Crippen molar-refractivity contribution in [1.82, 2.24) is 9.78 Å². The molecular formula is C18H19N3O. The first kappa shape index (κ1) is 14.5. The summed E-state index contributed by atoms with van der Waals surface area (Å²) < 4.78 is 1.41. The summed E-state index contributed by atoms with van der Waals surface area (Å²) in [4.78, 5) is 12.1. The highest BCUT2D eigenvalue weighted by Crippen LogP contribution is 2.26. The molecule has 0 amide bonds. The van der Waals surface area contributed by atoms with Crippen molar-refractivity contribution >= 4 is 0 Å². The molecule has 2 aromatic rings. The van der Waals surface area contributed by atoms with E-state index < -0.39 is 0 Å². The van der Waals surface area contributed by atoms with E-state index in [0.29, 0.717) is 12.2 Å². The zero-order valence-corrected chi connectivity index (χ0v) is 12.8. The number of hydrogen-bond donors (Lipinski definition) is 0. The minimum absolute atomic E-state index is 0.163. The first-order chi connectivity index (χ1) is 10.7. The number of nitriles is 1. The number of fused-ring (bicyclic) bond motifs is 1.